The van der Waals surface area contributed by atoms with E-state index in [0.717, 1.165) is 29.1 Å². The van der Waals surface area contributed by atoms with Gasteiger partial charge < -0.3 is 10.4 Å². The van der Waals surface area contributed by atoms with Gasteiger partial charge in [0.05, 0.1) is 11.6 Å². The summed E-state index contributed by atoms with van der Waals surface area (Å²) in [5.74, 6) is 1.50. The first-order valence-electron chi connectivity index (χ1n) is 7.35. The van der Waals surface area contributed by atoms with Crippen LogP contribution in [0.1, 0.15) is 23.6 Å². The quantitative estimate of drug-likeness (QED) is 0.890. The summed E-state index contributed by atoms with van der Waals surface area (Å²) in [6.45, 7) is 0.518. The molecule has 1 aromatic heterocycles. The van der Waals surface area contributed by atoms with Crippen LogP contribution in [-0.4, -0.2) is 33.7 Å². The number of nitrogens with zero attached hydrogens (tertiary/aromatic N) is 1. The number of halogens is 1. The minimum absolute atomic E-state index is 0.0850. The molecule has 5 heteroatoms. The highest BCUT2D eigenvalue weighted by Crippen LogP contribution is 2.29. The van der Waals surface area contributed by atoms with E-state index in [0.29, 0.717) is 6.54 Å². The molecule has 0 spiro atoms. The Bertz CT molecular complexity index is 600. The van der Waals surface area contributed by atoms with Crippen molar-refractivity contribution in [2.24, 2.45) is 0 Å². The summed E-state index contributed by atoms with van der Waals surface area (Å²) in [5, 5.41) is 14.0. The van der Waals surface area contributed by atoms with Crippen LogP contribution in [0.5, 0.6) is 0 Å². The van der Waals surface area contributed by atoms with Crippen molar-refractivity contribution in [3.05, 3.63) is 65.7 Å². The van der Waals surface area contributed by atoms with Gasteiger partial charge in [0.2, 0.25) is 0 Å². The topological polar surface area (TPSA) is 45.1 Å². The number of aliphatic hydroxyl groups is 1. The summed E-state index contributed by atoms with van der Waals surface area (Å²) >= 11 is 1.78. The van der Waals surface area contributed by atoms with Crippen molar-refractivity contribution in [3.8, 4) is 0 Å². The van der Waals surface area contributed by atoms with Gasteiger partial charge in [0.25, 0.3) is 0 Å². The van der Waals surface area contributed by atoms with Gasteiger partial charge in [0, 0.05) is 24.7 Å². The van der Waals surface area contributed by atoms with Gasteiger partial charge in [-0.1, -0.05) is 12.1 Å². The molecule has 0 saturated carbocycles. The van der Waals surface area contributed by atoms with Crippen LogP contribution in [0.2, 0.25) is 0 Å². The molecule has 1 aliphatic rings. The number of rotatable bonds is 5. The van der Waals surface area contributed by atoms with Gasteiger partial charge >= 0.3 is 0 Å². The molecule has 1 saturated heterocycles. The van der Waals surface area contributed by atoms with Gasteiger partial charge in [-0.25, -0.2) is 4.39 Å². The average molecular weight is 318 g/mol. The molecule has 1 aliphatic heterocycles. The van der Waals surface area contributed by atoms with Crippen LogP contribution in [0.25, 0.3) is 0 Å². The second-order valence-electron chi connectivity index (χ2n) is 5.67. The van der Waals surface area contributed by atoms with Crippen LogP contribution < -0.4 is 5.32 Å². The maximum Gasteiger partial charge on any atom is 0.123 e. The van der Waals surface area contributed by atoms with Crippen molar-refractivity contribution < 1.29 is 9.50 Å². The van der Waals surface area contributed by atoms with Crippen molar-refractivity contribution in [3.63, 3.8) is 0 Å². The molecule has 2 heterocycles. The Hall–Kier alpha value is -1.43. The molecule has 2 atom stereocenters. The van der Waals surface area contributed by atoms with Crippen LogP contribution in [0.3, 0.4) is 0 Å². The van der Waals surface area contributed by atoms with Gasteiger partial charge in [-0.15, -0.1) is 0 Å². The maximum atomic E-state index is 13.2. The number of benzene rings is 1. The van der Waals surface area contributed by atoms with Crippen molar-refractivity contribution in [1.29, 1.82) is 0 Å². The SMILES string of the molecule is O[C@]1(CN[C@H](c2ccncc2)c2ccc(F)cc2)CCSC1. The second-order valence-corrected chi connectivity index (χ2v) is 6.78. The van der Waals surface area contributed by atoms with Crippen molar-refractivity contribution in [1.82, 2.24) is 10.3 Å². The number of pyridine rings is 1. The zero-order valence-electron chi connectivity index (χ0n) is 12.2. The first kappa shape index (κ1) is 15.5. The van der Waals surface area contributed by atoms with E-state index in [-0.39, 0.29) is 11.9 Å². The Morgan fingerprint density at radius 1 is 1.18 bits per heavy atom. The molecule has 2 aromatic rings. The highest BCUT2D eigenvalue weighted by Gasteiger charge is 2.32. The predicted octanol–water partition coefficient (Wildman–Crippen LogP) is 2.77. The zero-order valence-corrected chi connectivity index (χ0v) is 13.0. The van der Waals surface area contributed by atoms with E-state index in [2.05, 4.69) is 10.3 Å². The lowest BCUT2D eigenvalue weighted by Gasteiger charge is -2.27. The summed E-state index contributed by atoms with van der Waals surface area (Å²) in [5.41, 5.74) is 1.37. The fraction of sp³-hybridized carbons (Fsp3) is 0.353. The number of nitrogens with one attached hydrogen (secondary N) is 1. The highest BCUT2D eigenvalue weighted by atomic mass is 32.2. The Morgan fingerprint density at radius 2 is 1.86 bits per heavy atom. The van der Waals surface area contributed by atoms with Crippen LogP contribution in [0.4, 0.5) is 4.39 Å². The molecular weight excluding hydrogens is 299 g/mol. The molecular formula is C17H19FN2OS. The van der Waals surface area contributed by atoms with E-state index in [1.807, 2.05) is 12.1 Å². The smallest absolute Gasteiger partial charge is 0.123 e. The lowest BCUT2D eigenvalue weighted by atomic mass is 9.97. The minimum atomic E-state index is -0.657. The Kier molecular flexibility index (Phi) is 4.76. The van der Waals surface area contributed by atoms with Crippen LogP contribution >= 0.6 is 11.8 Å². The third-order valence-corrected chi connectivity index (χ3v) is 5.19. The lowest BCUT2D eigenvalue weighted by Crippen LogP contribution is -2.42. The van der Waals surface area contributed by atoms with Crippen molar-refractivity contribution in [2.75, 3.05) is 18.1 Å². The standard InChI is InChI=1S/C17H19FN2OS/c18-15-3-1-13(2-4-15)16(14-5-8-19-9-6-14)20-11-17(21)7-10-22-12-17/h1-6,8-9,16,20-21H,7,10-12H2/t16-,17-/m0/s1. The molecule has 1 aromatic carbocycles. The monoisotopic (exact) mass is 318 g/mol. The molecule has 3 rings (SSSR count). The van der Waals surface area contributed by atoms with Crippen LogP contribution in [0, 0.1) is 5.82 Å². The molecule has 3 nitrogen and oxygen atoms in total. The summed E-state index contributed by atoms with van der Waals surface area (Å²) < 4.78 is 13.2. The fourth-order valence-electron chi connectivity index (χ4n) is 2.67. The predicted molar refractivity (Wildman–Crippen MR) is 87.4 cm³/mol. The van der Waals surface area contributed by atoms with Gasteiger partial charge in [0.1, 0.15) is 5.82 Å². The molecule has 0 aliphatic carbocycles. The molecule has 0 unspecified atom stereocenters. The summed E-state index contributed by atoms with van der Waals surface area (Å²) in [6, 6.07) is 10.3. The molecule has 2 N–H and O–H groups in total. The third-order valence-electron chi connectivity index (χ3n) is 3.96. The lowest BCUT2D eigenvalue weighted by molar-refractivity contribution is 0.0658. The Labute approximate surface area is 134 Å². The number of aromatic nitrogens is 1. The molecule has 116 valence electrons. The van der Waals surface area contributed by atoms with E-state index in [1.54, 1.807) is 36.3 Å². The van der Waals surface area contributed by atoms with Crippen LogP contribution in [-0.2, 0) is 0 Å². The number of hydrogen-bond acceptors (Lipinski definition) is 4. The Morgan fingerprint density at radius 3 is 2.50 bits per heavy atom. The largest absolute Gasteiger partial charge is 0.388 e. The molecule has 0 amide bonds. The van der Waals surface area contributed by atoms with E-state index in [1.165, 1.54) is 12.1 Å². The summed E-state index contributed by atoms with van der Waals surface area (Å²) in [7, 11) is 0. The van der Waals surface area contributed by atoms with Crippen molar-refractivity contribution >= 4 is 11.8 Å². The van der Waals surface area contributed by atoms with E-state index < -0.39 is 5.60 Å². The molecule has 1 fully saturated rings. The zero-order chi connectivity index (χ0) is 15.4. The summed E-state index contributed by atoms with van der Waals surface area (Å²) in [4.78, 5) is 4.05. The molecule has 0 radical (unpaired) electrons. The van der Waals surface area contributed by atoms with E-state index in [4.69, 9.17) is 0 Å². The molecule has 22 heavy (non-hydrogen) atoms. The van der Waals surface area contributed by atoms with Crippen molar-refractivity contribution in [2.45, 2.75) is 18.1 Å². The fourth-order valence-corrected chi connectivity index (χ4v) is 3.96. The third kappa shape index (κ3) is 3.66. The minimum Gasteiger partial charge on any atom is -0.388 e. The first-order chi connectivity index (χ1) is 10.7. The summed E-state index contributed by atoms with van der Waals surface area (Å²) in [6.07, 6.45) is 4.29. The first-order valence-corrected chi connectivity index (χ1v) is 8.51. The van der Waals surface area contributed by atoms with Gasteiger partial charge in [0.15, 0.2) is 0 Å². The second kappa shape index (κ2) is 6.77. The Balaban J connectivity index is 1.81. The normalized spacial score (nSPS) is 22.6. The van der Waals surface area contributed by atoms with Crippen LogP contribution in [0.15, 0.2) is 48.8 Å². The van der Waals surface area contributed by atoms with E-state index in [9.17, 15) is 9.50 Å². The highest BCUT2D eigenvalue weighted by molar-refractivity contribution is 7.99. The molecule has 0 bridgehead atoms. The number of thioether (sulfide) groups is 1. The van der Waals surface area contributed by atoms with E-state index >= 15 is 0 Å². The average Bonchev–Trinajstić information content (AvgIpc) is 2.97. The van der Waals surface area contributed by atoms with Gasteiger partial charge in [-0.05, 0) is 47.6 Å². The maximum absolute atomic E-state index is 13.2. The number of hydrogen-bond donors (Lipinski definition) is 2. The van der Waals surface area contributed by atoms with Gasteiger partial charge in [-0.2, -0.15) is 11.8 Å². The van der Waals surface area contributed by atoms with Gasteiger partial charge in [-0.3, -0.25) is 4.98 Å².